The summed E-state index contributed by atoms with van der Waals surface area (Å²) in [5, 5.41) is 2.83. The average molecular weight is 385 g/mol. The molecule has 0 saturated heterocycles. The van der Waals surface area contributed by atoms with Gasteiger partial charge in [0.15, 0.2) is 0 Å². The van der Waals surface area contributed by atoms with Crippen molar-refractivity contribution < 1.29 is 17.9 Å². The lowest BCUT2D eigenvalue weighted by atomic mass is 10.2. The van der Waals surface area contributed by atoms with Crippen LogP contribution in [0.25, 0.3) is 0 Å². The van der Waals surface area contributed by atoms with Gasteiger partial charge in [-0.15, -0.1) is 0 Å². The lowest BCUT2D eigenvalue weighted by Crippen LogP contribution is -2.39. The minimum atomic E-state index is -3.33. The molecule has 1 rings (SSSR count). The predicted molar refractivity (Wildman–Crippen MR) is 106 cm³/mol. The molecule has 0 aliphatic carbocycles. The van der Waals surface area contributed by atoms with E-state index in [0.29, 0.717) is 31.5 Å². The van der Waals surface area contributed by atoms with Crippen LogP contribution in [-0.2, 0) is 14.8 Å². The molecule has 0 aliphatic rings. The number of nitrogens with one attached hydrogen (secondary N) is 2. The van der Waals surface area contributed by atoms with Crippen molar-refractivity contribution in [2.75, 3.05) is 11.9 Å². The summed E-state index contributed by atoms with van der Waals surface area (Å²) in [6.45, 7) is 11.2. The van der Waals surface area contributed by atoms with Gasteiger partial charge in [-0.2, -0.15) is 0 Å². The Balaban J connectivity index is 2.33. The molecule has 0 unspecified atom stereocenters. The van der Waals surface area contributed by atoms with Gasteiger partial charge in [0.1, 0.15) is 11.4 Å². The van der Waals surface area contributed by atoms with Gasteiger partial charge in [-0.3, -0.25) is 4.79 Å². The van der Waals surface area contributed by atoms with E-state index >= 15 is 0 Å². The quantitative estimate of drug-likeness (QED) is 0.670. The molecule has 6 nitrogen and oxygen atoms in total. The third-order valence-corrected chi connectivity index (χ3v) is 5.69. The van der Waals surface area contributed by atoms with Crippen LogP contribution in [0.3, 0.4) is 0 Å². The fourth-order valence-electron chi connectivity index (χ4n) is 2.02. The van der Waals surface area contributed by atoms with Crippen LogP contribution < -0.4 is 14.8 Å². The third-order valence-electron chi connectivity index (χ3n) is 3.49. The van der Waals surface area contributed by atoms with Gasteiger partial charge in [0.2, 0.25) is 15.9 Å². The second-order valence-electron chi connectivity index (χ2n) is 8.25. The first kappa shape index (κ1) is 22.4. The van der Waals surface area contributed by atoms with Gasteiger partial charge in [0.05, 0.1) is 4.75 Å². The molecule has 1 amide bonds. The summed E-state index contributed by atoms with van der Waals surface area (Å²) in [5.41, 5.74) is 0.448. The number of carbonyl (C=O) groups excluding carboxylic acids is 1. The molecular formula is C19H32N2O4S. The van der Waals surface area contributed by atoms with Crippen molar-refractivity contribution in [3.8, 4) is 5.75 Å². The number of amides is 1. The van der Waals surface area contributed by atoms with E-state index in [1.165, 1.54) is 0 Å². The highest BCUT2D eigenvalue weighted by atomic mass is 32.2. The van der Waals surface area contributed by atoms with Crippen molar-refractivity contribution >= 4 is 21.6 Å². The largest absolute Gasteiger partial charge is 0.488 e. The van der Waals surface area contributed by atoms with Gasteiger partial charge in [-0.25, -0.2) is 13.1 Å². The Kier molecular flexibility index (Phi) is 7.65. The molecule has 0 spiro atoms. The number of carbonyl (C=O) groups is 1. The number of hydrogen-bond donors (Lipinski definition) is 2. The van der Waals surface area contributed by atoms with Crippen LogP contribution in [0.2, 0.25) is 0 Å². The van der Waals surface area contributed by atoms with E-state index < -0.39 is 14.8 Å². The van der Waals surface area contributed by atoms with E-state index in [2.05, 4.69) is 10.0 Å². The molecule has 0 aromatic heterocycles. The van der Waals surface area contributed by atoms with Crippen LogP contribution in [0.1, 0.15) is 60.8 Å². The van der Waals surface area contributed by atoms with E-state index in [0.717, 1.165) is 5.75 Å². The Morgan fingerprint density at radius 1 is 1.00 bits per heavy atom. The van der Waals surface area contributed by atoms with E-state index in [4.69, 9.17) is 4.74 Å². The second-order valence-corrected chi connectivity index (χ2v) is 10.8. The van der Waals surface area contributed by atoms with Crippen molar-refractivity contribution in [1.29, 1.82) is 0 Å². The minimum absolute atomic E-state index is 0.0897. The highest BCUT2D eigenvalue weighted by molar-refractivity contribution is 7.90. The van der Waals surface area contributed by atoms with Crippen LogP contribution >= 0.6 is 0 Å². The topological polar surface area (TPSA) is 84.5 Å². The first-order valence-electron chi connectivity index (χ1n) is 8.88. The Morgan fingerprint density at radius 3 is 2.08 bits per heavy atom. The maximum atomic E-state index is 12.0. The Labute approximate surface area is 157 Å². The fourth-order valence-corrected chi connectivity index (χ4v) is 2.86. The molecule has 0 fully saturated rings. The minimum Gasteiger partial charge on any atom is -0.488 e. The van der Waals surface area contributed by atoms with Gasteiger partial charge in [-0.1, -0.05) is 0 Å². The number of benzene rings is 1. The number of sulfonamides is 1. The number of anilines is 1. The molecule has 1 aromatic rings. The monoisotopic (exact) mass is 384 g/mol. The molecule has 0 aliphatic heterocycles. The number of rotatable bonds is 8. The summed E-state index contributed by atoms with van der Waals surface area (Å²) in [4.78, 5) is 12.0. The lowest BCUT2D eigenvalue weighted by molar-refractivity contribution is -0.116. The molecule has 2 N–H and O–H groups in total. The van der Waals surface area contributed by atoms with Crippen LogP contribution in [0.4, 0.5) is 5.69 Å². The summed E-state index contributed by atoms with van der Waals surface area (Å²) in [5.74, 6) is 0.662. The van der Waals surface area contributed by atoms with Gasteiger partial charge in [0.25, 0.3) is 0 Å². The van der Waals surface area contributed by atoms with Crippen molar-refractivity contribution in [3.63, 3.8) is 0 Å². The summed E-state index contributed by atoms with van der Waals surface area (Å²) >= 11 is 0. The van der Waals surface area contributed by atoms with Crippen LogP contribution in [0.5, 0.6) is 5.75 Å². The van der Waals surface area contributed by atoms with Crippen molar-refractivity contribution in [2.45, 2.75) is 71.2 Å². The zero-order valence-corrected chi connectivity index (χ0v) is 17.5. The van der Waals surface area contributed by atoms with Gasteiger partial charge in [-0.05, 0) is 78.6 Å². The number of unbranched alkanes of at least 4 members (excludes halogenated alkanes) is 1. The predicted octanol–water partition coefficient (Wildman–Crippen LogP) is 3.69. The molecule has 148 valence electrons. The van der Waals surface area contributed by atoms with E-state index in [-0.39, 0.29) is 11.5 Å². The van der Waals surface area contributed by atoms with Crippen LogP contribution in [0, 0.1) is 0 Å². The first-order chi connectivity index (χ1) is 11.8. The first-order valence-corrected chi connectivity index (χ1v) is 10.4. The van der Waals surface area contributed by atoms with Crippen molar-refractivity contribution in [2.24, 2.45) is 0 Å². The summed E-state index contributed by atoms with van der Waals surface area (Å²) in [6.07, 6.45) is 1.57. The molecule has 26 heavy (non-hydrogen) atoms. The molecule has 7 heteroatoms. The van der Waals surface area contributed by atoms with Crippen molar-refractivity contribution in [3.05, 3.63) is 24.3 Å². The molecule has 1 aromatic carbocycles. The van der Waals surface area contributed by atoms with Gasteiger partial charge >= 0.3 is 0 Å². The highest BCUT2D eigenvalue weighted by Crippen LogP contribution is 2.20. The summed E-state index contributed by atoms with van der Waals surface area (Å²) in [6, 6.07) is 7.25. The van der Waals surface area contributed by atoms with Crippen LogP contribution in [0.15, 0.2) is 24.3 Å². The number of ether oxygens (including phenoxy) is 1. The zero-order chi connectivity index (χ0) is 20.0. The molecule has 0 radical (unpaired) electrons. The van der Waals surface area contributed by atoms with Crippen LogP contribution in [-0.4, -0.2) is 31.2 Å². The highest BCUT2D eigenvalue weighted by Gasteiger charge is 2.27. The Hall–Kier alpha value is -1.60. The zero-order valence-electron chi connectivity index (χ0n) is 16.7. The Morgan fingerprint density at radius 2 is 1.58 bits per heavy atom. The average Bonchev–Trinajstić information content (AvgIpc) is 2.46. The van der Waals surface area contributed by atoms with Gasteiger partial charge in [0, 0.05) is 18.7 Å². The normalized spacial score (nSPS) is 12.7. The molecular weight excluding hydrogens is 352 g/mol. The van der Waals surface area contributed by atoms with Gasteiger partial charge < -0.3 is 10.1 Å². The second kappa shape index (κ2) is 8.86. The lowest BCUT2D eigenvalue weighted by Gasteiger charge is -2.21. The third kappa shape index (κ3) is 8.19. The summed E-state index contributed by atoms with van der Waals surface area (Å²) in [7, 11) is -3.33. The molecule has 0 saturated carbocycles. The van der Waals surface area contributed by atoms with Crippen molar-refractivity contribution in [1.82, 2.24) is 4.72 Å². The molecule has 0 bridgehead atoms. The molecule has 0 heterocycles. The summed E-state index contributed by atoms with van der Waals surface area (Å²) < 4.78 is 31.3. The molecule has 0 atom stereocenters. The van der Waals surface area contributed by atoms with E-state index in [9.17, 15) is 13.2 Å². The smallest absolute Gasteiger partial charge is 0.224 e. The van der Waals surface area contributed by atoms with E-state index in [1.54, 1.807) is 32.9 Å². The fraction of sp³-hybridized carbons (Fsp3) is 0.632. The maximum Gasteiger partial charge on any atom is 0.224 e. The maximum absolute atomic E-state index is 12.0. The number of hydrogen-bond acceptors (Lipinski definition) is 4. The van der Waals surface area contributed by atoms with E-state index in [1.807, 2.05) is 32.9 Å². The Bertz CT molecular complexity index is 684. The SMILES string of the molecule is CC(C)(C)Oc1ccc(NC(=O)CCCCNS(=O)(=O)C(C)(C)C)cc1. The standard InChI is InChI=1S/C19H32N2O4S/c1-18(2,3)25-16-12-10-15(11-13-16)21-17(22)9-7-8-14-20-26(23,24)19(4,5)6/h10-13,20H,7-9,14H2,1-6H3,(H,21,22).